The molecule has 0 atom stereocenters. The van der Waals surface area contributed by atoms with Crippen LogP contribution < -0.4 is 10.2 Å². The van der Waals surface area contributed by atoms with Crippen LogP contribution in [-0.2, 0) is 6.54 Å². The summed E-state index contributed by atoms with van der Waals surface area (Å²) in [7, 11) is 2.17. The molecular formula is C13H23N5. The minimum Gasteiger partial charge on any atom is -0.354 e. The van der Waals surface area contributed by atoms with Crippen molar-refractivity contribution in [3.05, 3.63) is 18.1 Å². The topological polar surface area (TPSA) is 44.3 Å². The van der Waals surface area contributed by atoms with Gasteiger partial charge in [0.1, 0.15) is 12.1 Å². The number of hydrogen-bond acceptors (Lipinski definition) is 5. The van der Waals surface area contributed by atoms with Crippen LogP contribution >= 0.6 is 0 Å². The molecule has 18 heavy (non-hydrogen) atoms. The minimum absolute atomic E-state index is 0.857. The Morgan fingerprint density at radius 1 is 1.28 bits per heavy atom. The van der Waals surface area contributed by atoms with Gasteiger partial charge in [0.05, 0.1) is 0 Å². The van der Waals surface area contributed by atoms with Crippen LogP contribution in [0.4, 0.5) is 5.82 Å². The Hall–Kier alpha value is -1.20. The van der Waals surface area contributed by atoms with Gasteiger partial charge in [-0.05, 0) is 20.0 Å². The van der Waals surface area contributed by atoms with E-state index in [0.717, 1.165) is 51.5 Å². The van der Waals surface area contributed by atoms with Crippen molar-refractivity contribution in [1.82, 2.24) is 20.2 Å². The van der Waals surface area contributed by atoms with E-state index in [1.54, 1.807) is 6.33 Å². The van der Waals surface area contributed by atoms with Crippen LogP contribution in [0.5, 0.6) is 0 Å². The first-order valence-corrected chi connectivity index (χ1v) is 6.74. The monoisotopic (exact) mass is 249 g/mol. The number of anilines is 1. The summed E-state index contributed by atoms with van der Waals surface area (Å²) in [6, 6.07) is 0. The zero-order valence-electron chi connectivity index (χ0n) is 11.4. The van der Waals surface area contributed by atoms with Gasteiger partial charge < -0.3 is 15.1 Å². The molecule has 1 aliphatic heterocycles. The molecule has 1 aromatic heterocycles. The normalized spacial score (nSPS) is 17.1. The molecule has 0 saturated carbocycles. The first kappa shape index (κ1) is 13.2. The fraction of sp³-hybridized carbons (Fsp3) is 0.692. The molecule has 5 nitrogen and oxygen atoms in total. The van der Waals surface area contributed by atoms with Gasteiger partial charge >= 0.3 is 0 Å². The summed E-state index contributed by atoms with van der Waals surface area (Å²) in [6.07, 6.45) is 4.73. The van der Waals surface area contributed by atoms with Crippen molar-refractivity contribution in [2.24, 2.45) is 0 Å². The van der Waals surface area contributed by atoms with Gasteiger partial charge in [0.15, 0.2) is 0 Å². The number of nitrogens with one attached hydrogen (secondary N) is 1. The molecule has 100 valence electrons. The standard InChI is InChI=1S/C13H23N5/c1-3-4-14-9-12-10-15-11-16-13(12)18-7-5-17(2)6-8-18/h10-11,14H,3-9H2,1-2H3. The van der Waals surface area contributed by atoms with Crippen molar-refractivity contribution < 1.29 is 0 Å². The van der Waals surface area contributed by atoms with Gasteiger partial charge in [-0.15, -0.1) is 0 Å². The van der Waals surface area contributed by atoms with Gasteiger partial charge in [-0.2, -0.15) is 0 Å². The first-order valence-electron chi connectivity index (χ1n) is 6.74. The van der Waals surface area contributed by atoms with Crippen LogP contribution in [0.2, 0.25) is 0 Å². The summed E-state index contributed by atoms with van der Waals surface area (Å²) in [6.45, 7) is 8.38. The van der Waals surface area contributed by atoms with Crippen molar-refractivity contribution in [2.75, 3.05) is 44.7 Å². The van der Waals surface area contributed by atoms with Gasteiger partial charge in [-0.25, -0.2) is 9.97 Å². The van der Waals surface area contributed by atoms with E-state index in [0.29, 0.717) is 0 Å². The molecule has 1 saturated heterocycles. The number of piperazine rings is 1. The molecule has 1 N–H and O–H groups in total. The Labute approximate surface area is 109 Å². The van der Waals surface area contributed by atoms with Gasteiger partial charge in [-0.1, -0.05) is 6.92 Å². The van der Waals surface area contributed by atoms with Crippen LogP contribution in [0, 0.1) is 0 Å². The number of nitrogens with zero attached hydrogens (tertiary/aromatic N) is 4. The average Bonchev–Trinajstić information content (AvgIpc) is 2.41. The van der Waals surface area contributed by atoms with E-state index in [4.69, 9.17) is 0 Å². The summed E-state index contributed by atoms with van der Waals surface area (Å²) in [5.41, 5.74) is 1.20. The zero-order chi connectivity index (χ0) is 12.8. The van der Waals surface area contributed by atoms with Crippen molar-refractivity contribution in [3.63, 3.8) is 0 Å². The second-order valence-electron chi connectivity index (χ2n) is 4.84. The van der Waals surface area contributed by atoms with Crippen LogP contribution in [0.15, 0.2) is 12.5 Å². The van der Waals surface area contributed by atoms with Gasteiger partial charge in [0.25, 0.3) is 0 Å². The molecule has 1 aromatic rings. The quantitative estimate of drug-likeness (QED) is 0.779. The third-order valence-electron chi connectivity index (χ3n) is 3.31. The van der Waals surface area contributed by atoms with E-state index in [2.05, 4.69) is 39.1 Å². The predicted molar refractivity (Wildman–Crippen MR) is 73.7 cm³/mol. The summed E-state index contributed by atoms with van der Waals surface area (Å²) < 4.78 is 0. The maximum Gasteiger partial charge on any atom is 0.136 e. The zero-order valence-corrected chi connectivity index (χ0v) is 11.4. The Morgan fingerprint density at radius 3 is 2.78 bits per heavy atom. The third-order valence-corrected chi connectivity index (χ3v) is 3.31. The molecule has 2 heterocycles. The average molecular weight is 249 g/mol. The fourth-order valence-electron chi connectivity index (χ4n) is 2.18. The molecule has 0 aromatic carbocycles. The molecule has 0 unspecified atom stereocenters. The molecule has 0 aliphatic carbocycles. The number of aromatic nitrogens is 2. The van der Waals surface area contributed by atoms with E-state index in [1.807, 2.05) is 6.20 Å². The Morgan fingerprint density at radius 2 is 2.06 bits per heavy atom. The predicted octanol–water partition coefficient (Wildman–Crippen LogP) is 0.728. The smallest absolute Gasteiger partial charge is 0.136 e. The summed E-state index contributed by atoms with van der Waals surface area (Å²) >= 11 is 0. The lowest BCUT2D eigenvalue weighted by molar-refractivity contribution is 0.311. The van der Waals surface area contributed by atoms with Crippen LogP contribution in [0.3, 0.4) is 0 Å². The van der Waals surface area contributed by atoms with E-state index in [-0.39, 0.29) is 0 Å². The highest BCUT2D eigenvalue weighted by molar-refractivity contribution is 5.45. The SMILES string of the molecule is CCCNCc1cncnc1N1CCN(C)CC1. The highest BCUT2D eigenvalue weighted by Gasteiger charge is 2.17. The van der Waals surface area contributed by atoms with Crippen molar-refractivity contribution in [3.8, 4) is 0 Å². The highest BCUT2D eigenvalue weighted by atomic mass is 15.3. The van der Waals surface area contributed by atoms with Crippen molar-refractivity contribution in [1.29, 1.82) is 0 Å². The first-order chi connectivity index (χ1) is 8.81. The van der Waals surface area contributed by atoms with Crippen LogP contribution in [0.1, 0.15) is 18.9 Å². The van der Waals surface area contributed by atoms with Crippen molar-refractivity contribution >= 4 is 5.82 Å². The third kappa shape index (κ3) is 3.40. The molecular weight excluding hydrogens is 226 g/mol. The highest BCUT2D eigenvalue weighted by Crippen LogP contribution is 2.17. The Kier molecular flexibility index (Phi) is 4.90. The number of hydrogen-bond donors (Lipinski definition) is 1. The number of rotatable bonds is 5. The lowest BCUT2D eigenvalue weighted by Crippen LogP contribution is -2.45. The summed E-state index contributed by atoms with van der Waals surface area (Å²) in [4.78, 5) is 13.3. The molecule has 0 radical (unpaired) electrons. The van der Waals surface area contributed by atoms with Crippen LogP contribution in [0.25, 0.3) is 0 Å². The largest absolute Gasteiger partial charge is 0.354 e. The molecule has 1 aliphatic rings. The fourth-order valence-corrected chi connectivity index (χ4v) is 2.18. The lowest BCUT2D eigenvalue weighted by Gasteiger charge is -2.34. The minimum atomic E-state index is 0.857. The Balaban J connectivity index is 2.02. The molecule has 1 fully saturated rings. The summed E-state index contributed by atoms with van der Waals surface area (Å²) in [5, 5.41) is 3.42. The molecule has 0 bridgehead atoms. The van der Waals surface area contributed by atoms with Gasteiger partial charge in [0, 0.05) is 44.5 Å². The second kappa shape index (κ2) is 6.66. The lowest BCUT2D eigenvalue weighted by atomic mass is 10.2. The van der Waals surface area contributed by atoms with E-state index >= 15 is 0 Å². The Bertz CT molecular complexity index is 360. The van der Waals surface area contributed by atoms with Gasteiger partial charge in [-0.3, -0.25) is 0 Å². The van der Waals surface area contributed by atoms with Gasteiger partial charge in [0.2, 0.25) is 0 Å². The molecule has 0 amide bonds. The molecule has 0 spiro atoms. The van der Waals surface area contributed by atoms with E-state index in [9.17, 15) is 0 Å². The second-order valence-corrected chi connectivity index (χ2v) is 4.84. The van der Waals surface area contributed by atoms with Crippen LogP contribution in [-0.4, -0.2) is 54.6 Å². The van der Waals surface area contributed by atoms with Crippen molar-refractivity contribution in [2.45, 2.75) is 19.9 Å². The van der Waals surface area contributed by atoms with E-state index in [1.165, 1.54) is 5.56 Å². The maximum atomic E-state index is 4.46. The molecule has 2 rings (SSSR count). The van der Waals surface area contributed by atoms with E-state index < -0.39 is 0 Å². The molecule has 5 heteroatoms. The maximum absolute atomic E-state index is 4.46. The number of likely N-dealkylation sites (N-methyl/N-ethyl adjacent to an activating group) is 1. The summed E-state index contributed by atoms with van der Waals surface area (Å²) in [5.74, 6) is 1.10.